The summed E-state index contributed by atoms with van der Waals surface area (Å²) in [5, 5.41) is 3.54. The largest absolute Gasteiger partial charge is 0.493 e. The molecule has 158 valence electrons. The predicted molar refractivity (Wildman–Crippen MR) is 114 cm³/mol. The van der Waals surface area contributed by atoms with Gasteiger partial charge in [0.15, 0.2) is 17.5 Å². The van der Waals surface area contributed by atoms with Crippen LogP contribution in [0.3, 0.4) is 0 Å². The highest BCUT2D eigenvalue weighted by Gasteiger charge is 2.24. The summed E-state index contributed by atoms with van der Waals surface area (Å²) in [7, 11) is 9.00. The first-order valence-corrected chi connectivity index (χ1v) is 9.98. The number of nitrogens with zero attached hydrogens (tertiary/aromatic N) is 3. The molecule has 0 aromatic heterocycles. The van der Waals surface area contributed by atoms with Gasteiger partial charge in [-0.2, -0.15) is 0 Å². The minimum absolute atomic E-state index is 0.547. The molecule has 1 N–H and O–H groups in total. The number of benzene rings is 1. The van der Waals surface area contributed by atoms with Gasteiger partial charge < -0.3 is 24.4 Å². The molecule has 1 atom stereocenters. The number of nitrogens with one attached hydrogen (secondary N) is 1. The minimum atomic E-state index is 0.547. The second-order valence-electron chi connectivity index (χ2n) is 7.11. The second kappa shape index (κ2) is 11.8. The third-order valence-electron chi connectivity index (χ3n) is 5.33. The highest BCUT2D eigenvalue weighted by Crippen LogP contribution is 2.27. The van der Waals surface area contributed by atoms with Crippen LogP contribution in [-0.2, 0) is 11.2 Å². The number of rotatable bonds is 10. The molecule has 1 unspecified atom stereocenters. The van der Waals surface area contributed by atoms with Gasteiger partial charge in [0.2, 0.25) is 0 Å². The molecular formula is C21H36N4O3. The number of hydrogen-bond donors (Lipinski definition) is 1. The van der Waals surface area contributed by atoms with E-state index in [0.29, 0.717) is 6.04 Å². The topological polar surface area (TPSA) is 58.6 Å². The van der Waals surface area contributed by atoms with Crippen molar-refractivity contribution in [3.05, 3.63) is 23.8 Å². The summed E-state index contributed by atoms with van der Waals surface area (Å²) in [6.07, 6.45) is 3.38. The zero-order valence-electron chi connectivity index (χ0n) is 18.0. The molecule has 1 saturated heterocycles. The van der Waals surface area contributed by atoms with Gasteiger partial charge in [-0.25, -0.2) is 0 Å². The van der Waals surface area contributed by atoms with Crippen LogP contribution in [0.1, 0.15) is 18.4 Å². The zero-order valence-corrected chi connectivity index (χ0v) is 18.0. The van der Waals surface area contributed by atoms with Gasteiger partial charge in [-0.3, -0.25) is 9.89 Å². The number of aliphatic imine (C=N–C) groups is 1. The molecular weight excluding hydrogens is 356 g/mol. The average molecular weight is 393 g/mol. The lowest BCUT2D eigenvalue weighted by Gasteiger charge is -2.27. The minimum Gasteiger partial charge on any atom is -0.493 e. The first-order valence-electron chi connectivity index (χ1n) is 9.98. The summed E-state index contributed by atoms with van der Waals surface area (Å²) < 4.78 is 15.9. The van der Waals surface area contributed by atoms with E-state index in [4.69, 9.17) is 14.2 Å². The quantitative estimate of drug-likeness (QED) is 0.485. The van der Waals surface area contributed by atoms with Crippen LogP contribution in [0.25, 0.3) is 0 Å². The first-order chi connectivity index (χ1) is 13.6. The van der Waals surface area contributed by atoms with Gasteiger partial charge in [0.1, 0.15) is 0 Å². The van der Waals surface area contributed by atoms with Gasteiger partial charge in [0, 0.05) is 46.9 Å². The maximum atomic E-state index is 5.40. The summed E-state index contributed by atoms with van der Waals surface area (Å²) in [6.45, 7) is 4.72. The molecule has 1 heterocycles. The molecule has 0 spiro atoms. The summed E-state index contributed by atoms with van der Waals surface area (Å²) in [5.41, 5.74) is 1.21. The third-order valence-corrected chi connectivity index (χ3v) is 5.33. The van der Waals surface area contributed by atoms with Gasteiger partial charge in [-0.05, 0) is 43.5 Å². The Morgan fingerprint density at radius 3 is 2.71 bits per heavy atom. The molecule has 7 nitrogen and oxygen atoms in total. The Morgan fingerprint density at radius 1 is 1.25 bits per heavy atom. The van der Waals surface area contributed by atoms with Crippen molar-refractivity contribution in [2.45, 2.75) is 25.3 Å². The van der Waals surface area contributed by atoms with Crippen LogP contribution in [-0.4, -0.2) is 90.0 Å². The van der Waals surface area contributed by atoms with Crippen molar-refractivity contribution in [1.82, 2.24) is 15.1 Å². The number of likely N-dealkylation sites (tertiary alicyclic amines) is 1. The first kappa shape index (κ1) is 22.3. The molecule has 0 saturated carbocycles. The van der Waals surface area contributed by atoms with E-state index in [9.17, 15) is 0 Å². The SMILES string of the molecule is CN=C(NCC1CCCN1CCOC)N(C)CCc1ccc(OC)c(OC)c1. The zero-order chi connectivity index (χ0) is 20.4. The van der Waals surface area contributed by atoms with Crippen LogP contribution >= 0.6 is 0 Å². The molecule has 1 aliphatic rings. The number of ether oxygens (including phenoxy) is 3. The molecule has 0 bridgehead atoms. The highest BCUT2D eigenvalue weighted by molar-refractivity contribution is 5.79. The lowest BCUT2D eigenvalue weighted by atomic mass is 10.1. The summed E-state index contributed by atoms with van der Waals surface area (Å²) >= 11 is 0. The number of hydrogen-bond acceptors (Lipinski definition) is 5. The third kappa shape index (κ3) is 6.27. The van der Waals surface area contributed by atoms with E-state index < -0.39 is 0 Å². The van der Waals surface area contributed by atoms with Crippen LogP contribution in [0.15, 0.2) is 23.2 Å². The van der Waals surface area contributed by atoms with Crippen LogP contribution in [0.2, 0.25) is 0 Å². The van der Waals surface area contributed by atoms with Crippen molar-refractivity contribution in [1.29, 1.82) is 0 Å². The van der Waals surface area contributed by atoms with Crippen LogP contribution in [0, 0.1) is 0 Å². The standard InChI is InChI=1S/C21H36N4O3/c1-22-21(23-16-18-7-6-11-25(18)13-14-26-3)24(2)12-10-17-8-9-19(27-4)20(15-17)28-5/h8-9,15,18H,6-7,10-14,16H2,1-5H3,(H,22,23). The predicted octanol–water partition coefficient (Wildman–Crippen LogP) is 1.86. The number of guanidine groups is 1. The maximum absolute atomic E-state index is 5.40. The van der Waals surface area contributed by atoms with E-state index in [1.165, 1.54) is 18.4 Å². The molecule has 0 aliphatic carbocycles. The monoisotopic (exact) mass is 392 g/mol. The fraction of sp³-hybridized carbons (Fsp3) is 0.667. The molecule has 1 aromatic rings. The number of methoxy groups -OCH3 is 3. The van der Waals surface area contributed by atoms with Crippen molar-refractivity contribution >= 4 is 5.96 Å². The Kier molecular flexibility index (Phi) is 9.37. The normalized spacial score (nSPS) is 17.6. The van der Waals surface area contributed by atoms with Gasteiger partial charge in [0.05, 0.1) is 20.8 Å². The van der Waals surface area contributed by atoms with Gasteiger partial charge >= 0.3 is 0 Å². The Hall–Kier alpha value is -1.99. The van der Waals surface area contributed by atoms with Crippen LogP contribution in [0.5, 0.6) is 11.5 Å². The van der Waals surface area contributed by atoms with Gasteiger partial charge in [-0.15, -0.1) is 0 Å². The van der Waals surface area contributed by atoms with Gasteiger partial charge in [0.25, 0.3) is 0 Å². The van der Waals surface area contributed by atoms with E-state index in [0.717, 1.165) is 56.7 Å². The van der Waals surface area contributed by atoms with Crippen LogP contribution in [0.4, 0.5) is 0 Å². The fourth-order valence-corrected chi connectivity index (χ4v) is 3.66. The van der Waals surface area contributed by atoms with Crippen molar-refractivity contribution in [2.75, 3.05) is 68.2 Å². The Morgan fingerprint density at radius 2 is 2.04 bits per heavy atom. The van der Waals surface area contributed by atoms with E-state index in [1.54, 1.807) is 21.3 Å². The van der Waals surface area contributed by atoms with Crippen LogP contribution < -0.4 is 14.8 Å². The van der Waals surface area contributed by atoms with E-state index >= 15 is 0 Å². The molecule has 28 heavy (non-hydrogen) atoms. The Labute approximate surface area is 169 Å². The maximum Gasteiger partial charge on any atom is 0.193 e. The summed E-state index contributed by atoms with van der Waals surface area (Å²) in [4.78, 5) is 9.13. The molecule has 2 rings (SSSR count). The second-order valence-corrected chi connectivity index (χ2v) is 7.11. The average Bonchev–Trinajstić information content (AvgIpc) is 3.18. The molecule has 1 fully saturated rings. The fourth-order valence-electron chi connectivity index (χ4n) is 3.66. The van der Waals surface area contributed by atoms with E-state index in [2.05, 4.69) is 33.2 Å². The summed E-state index contributed by atoms with van der Waals surface area (Å²) in [5.74, 6) is 2.45. The lowest BCUT2D eigenvalue weighted by Crippen LogP contribution is -2.46. The Balaban J connectivity index is 1.84. The Bertz CT molecular complexity index is 624. The molecule has 0 amide bonds. The summed E-state index contributed by atoms with van der Waals surface area (Å²) in [6, 6.07) is 6.62. The smallest absolute Gasteiger partial charge is 0.193 e. The number of likely N-dealkylation sites (N-methyl/N-ethyl adjacent to an activating group) is 1. The molecule has 7 heteroatoms. The van der Waals surface area contributed by atoms with E-state index in [1.807, 2.05) is 19.2 Å². The van der Waals surface area contributed by atoms with Crippen molar-refractivity contribution in [3.8, 4) is 11.5 Å². The van der Waals surface area contributed by atoms with E-state index in [-0.39, 0.29) is 0 Å². The van der Waals surface area contributed by atoms with Crippen molar-refractivity contribution < 1.29 is 14.2 Å². The van der Waals surface area contributed by atoms with Gasteiger partial charge in [-0.1, -0.05) is 6.07 Å². The van der Waals surface area contributed by atoms with Crippen molar-refractivity contribution in [3.63, 3.8) is 0 Å². The molecule has 0 radical (unpaired) electrons. The highest BCUT2D eigenvalue weighted by atomic mass is 16.5. The lowest BCUT2D eigenvalue weighted by molar-refractivity contribution is 0.141. The molecule has 1 aromatic carbocycles. The molecule has 1 aliphatic heterocycles. The van der Waals surface area contributed by atoms with Crippen molar-refractivity contribution in [2.24, 2.45) is 4.99 Å².